The fourth-order valence-electron chi connectivity index (χ4n) is 13.6. The van der Waals surface area contributed by atoms with E-state index in [-0.39, 0.29) is 28.5 Å². The van der Waals surface area contributed by atoms with E-state index in [1.54, 1.807) is 0 Å². The summed E-state index contributed by atoms with van der Waals surface area (Å²) in [5.74, 6) is 0. The molecule has 0 unspecified atom stereocenters. The number of para-hydroxylation sites is 1. The van der Waals surface area contributed by atoms with Gasteiger partial charge in [0.05, 0.1) is 11.0 Å². The molecule has 0 atom stereocenters. The van der Waals surface area contributed by atoms with E-state index in [0.29, 0.717) is 0 Å². The minimum atomic E-state index is -0.161. The lowest BCUT2D eigenvalue weighted by Gasteiger charge is -2.42. The SMILES string of the molecule is CC(C)(C)c1ccc(N2B3c4cc5oc6ccccc6c5cc4-n4c5ccc6c(c5c5ccc(c3c54)-c3cc4oc5cc7c(cc5c4cc32)C(C)(C)CCC7(C)C)-c2ccccc2C6(C)C)cc1. The number of fused-ring (bicyclic) bond motifs is 19. The molecule has 5 heterocycles. The molecule has 5 heteroatoms. The molecule has 8 aromatic carbocycles. The van der Waals surface area contributed by atoms with Crippen LogP contribution in [-0.4, -0.2) is 11.4 Å². The summed E-state index contributed by atoms with van der Waals surface area (Å²) in [6.45, 7) is 21.2. The summed E-state index contributed by atoms with van der Waals surface area (Å²) in [5, 5.41) is 7.26. The van der Waals surface area contributed by atoms with Crippen molar-refractivity contribution in [3.63, 3.8) is 0 Å². The Hall–Kier alpha value is -6.98. The van der Waals surface area contributed by atoms with Crippen LogP contribution in [0.25, 0.3) is 93.6 Å². The molecule has 3 aromatic heterocycles. The summed E-state index contributed by atoms with van der Waals surface area (Å²) in [6.07, 6.45) is 2.32. The molecule has 4 aliphatic rings. The molecule has 330 valence electrons. The highest BCUT2D eigenvalue weighted by Gasteiger charge is 2.46. The molecule has 0 spiro atoms. The minimum absolute atomic E-state index is 0.0131. The van der Waals surface area contributed by atoms with Gasteiger partial charge in [-0.05, 0) is 145 Å². The largest absolute Gasteiger partial charge is 0.456 e. The molecule has 2 aliphatic carbocycles. The first kappa shape index (κ1) is 39.1. The Balaban J connectivity index is 1.10. The second-order valence-electron chi connectivity index (χ2n) is 23.5. The van der Waals surface area contributed by atoms with Crippen molar-refractivity contribution in [1.82, 2.24) is 4.57 Å². The number of rotatable bonds is 1. The molecule has 0 saturated carbocycles. The lowest BCUT2D eigenvalue weighted by molar-refractivity contribution is 0.332. The van der Waals surface area contributed by atoms with Crippen LogP contribution in [0.3, 0.4) is 0 Å². The highest BCUT2D eigenvalue weighted by Crippen LogP contribution is 2.56. The molecular formula is C63H53BN2O2. The predicted molar refractivity (Wildman–Crippen MR) is 286 cm³/mol. The van der Waals surface area contributed by atoms with Crippen molar-refractivity contribution in [2.75, 3.05) is 4.81 Å². The van der Waals surface area contributed by atoms with Crippen molar-refractivity contribution in [3.05, 3.63) is 161 Å². The standard InChI is InChI=1S/C63H53BN2O2/c1-60(2,3)34-18-20-35(21-19-34)66-50-29-43-41-28-46-47(62(6,7)27-26-61(46,4)5)32-54(41)68-53(43)31-40(50)37-22-23-39-57-49(25-24-45-56(57)38-15-10-12-16-44(38)63(45,8)9)65-51-30-42-36-14-11-13-17-52(36)67-55(42)33-48(51)64(66)58(37)59(39)65/h10-25,28-33H,26-27H2,1-9H3. The number of hydrogen-bond donors (Lipinski definition) is 0. The Bertz CT molecular complexity index is 4110. The topological polar surface area (TPSA) is 34.5 Å². The third kappa shape index (κ3) is 4.77. The van der Waals surface area contributed by atoms with Crippen molar-refractivity contribution >= 4 is 94.8 Å². The molecule has 0 bridgehead atoms. The second-order valence-corrected chi connectivity index (χ2v) is 23.5. The number of furan rings is 2. The average Bonchev–Trinajstić information content (AvgIpc) is 4.04. The molecule has 0 fully saturated rings. The molecule has 11 aromatic rings. The molecule has 0 saturated heterocycles. The quantitative estimate of drug-likeness (QED) is 0.154. The van der Waals surface area contributed by atoms with E-state index in [1.807, 2.05) is 0 Å². The number of nitrogens with zero attached hydrogens (tertiary/aromatic N) is 2. The number of hydrogen-bond acceptors (Lipinski definition) is 3. The Kier molecular flexibility index (Phi) is 7.11. The van der Waals surface area contributed by atoms with Crippen LogP contribution in [0.2, 0.25) is 0 Å². The lowest BCUT2D eigenvalue weighted by atomic mass is 9.44. The van der Waals surface area contributed by atoms with Crippen LogP contribution in [0, 0.1) is 0 Å². The summed E-state index contributed by atoms with van der Waals surface area (Å²) in [6, 6.07) is 51.2. The molecule has 2 aliphatic heterocycles. The van der Waals surface area contributed by atoms with E-state index >= 15 is 0 Å². The van der Waals surface area contributed by atoms with Crippen LogP contribution in [0.5, 0.6) is 0 Å². The predicted octanol–water partition coefficient (Wildman–Crippen LogP) is 15.8. The van der Waals surface area contributed by atoms with E-state index in [1.165, 1.54) is 99.6 Å². The summed E-state index contributed by atoms with van der Waals surface area (Å²) >= 11 is 0. The fraction of sp³-hybridized carbons (Fsp3) is 0.238. The number of aromatic nitrogens is 1. The summed E-state index contributed by atoms with van der Waals surface area (Å²) in [7, 11) is 0. The van der Waals surface area contributed by atoms with Crippen LogP contribution in [0.15, 0.2) is 142 Å². The molecule has 4 nitrogen and oxygen atoms in total. The maximum absolute atomic E-state index is 7.06. The molecular weight excluding hydrogens is 828 g/mol. The van der Waals surface area contributed by atoms with E-state index in [9.17, 15) is 0 Å². The number of benzene rings is 8. The first-order valence-electron chi connectivity index (χ1n) is 24.7. The molecule has 68 heavy (non-hydrogen) atoms. The zero-order valence-corrected chi connectivity index (χ0v) is 40.4. The van der Waals surface area contributed by atoms with Gasteiger partial charge in [0.2, 0.25) is 0 Å². The van der Waals surface area contributed by atoms with Gasteiger partial charge in [-0.2, -0.15) is 0 Å². The molecule has 15 rings (SSSR count). The van der Waals surface area contributed by atoms with Crippen LogP contribution >= 0.6 is 0 Å². The van der Waals surface area contributed by atoms with Gasteiger partial charge in [-0.1, -0.05) is 135 Å². The van der Waals surface area contributed by atoms with Gasteiger partial charge in [0, 0.05) is 60.4 Å². The van der Waals surface area contributed by atoms with Gasteiger partial charge in [0.1, 0.15) is 22.3 Å². The smallest absolute Gasteiger partial charge is 0.333 e. The molecule has 0 N–H and O–H groups in total. The van der Waals surface area contributed by atoms with Gasteiger partial charge in [0.25, 0.3) is 0 Å². The Morgan fingerprint density at radius 2 is 1.18 bits per heavy atom. The third-order valence-electron chi connectivity index (χ3n) is 17.4. The maximum Gasteiger partial charge on any atom is 0.333 e. The van der Waals surface area contributed by atoms with E-state index in [2.05, 4.69) is 205 Å². The first-order valence-corrected chi connectivity index (χ1v) is 24.7. The van der Waals surface area contributed by atoms with Crippen molar-refractivity contribution in [2.24, 2.45) is 0 Å². The van der Waals surface area contributed by atoms with Crippen LogP contribution in [0.1, 0.15) is 103 Å². The highest BCUT2D eigenvalue weighted by atomic mass is 16.3. The van der Waals surface area contributed by atoms with Gasteiger partial charge in [-0.25, -0.2) is 0 Å². The fourth-order valence-corrected chi connectivity index (χ4v) is 13.6. The average molecular weight is 881 g/mol. The lowest BCUT2D eigenvalue weighted by Crippen LogP contribution is -2.60. The Morgan fingerprint density at radius 3 is 1.97 bits per heavy atom. The summed E-state index contributed by atoms with van der Waals surface area (Å²) in [5.41, 5.74) is 24.5. The summed E-state index contributed by atoms with van der Waals surface area (Å²) in [4.78, 5) is 2.66. The van der Waals surface area contributed by atoms with Gasteiger partial charge in [-0.15, -0.1) is 0 Å². The minimum Gasteiger partial charge on any atom is -0.456 e. The van der Waals surface area contributed by atoms with Gasteiger partial charge < -0.3 is 18.2 Å². The third-order valence-corrected chi connectivity index (χ3v) is 17.4. The second kappa shape index (κ2) is 12.4. The van der Waals surface area contributed by atoms with Crippen molar-refractivity contribution in [3.8, 4) is 27.9 Å². The zero-order chi connectivity index (χ0) is 46.1. The van der Waals surface area contributed by atoms with Crippen molar-refractivity contribution in [1.29, 1.82) is 0 Å². The normalized spacial score (nSPS) is 17.1. The maximum atomic E-state index is 7.06. The first-order chi connectivity index (χ1) is 32.6. The highest BCUT2D eigenvalue weighted by molar-refractivity contribution is 6.94. The Labute approximate surface area is 397 Å². The van der Waals surface area contributed by atoms with Gasteiger partial charge in [-0.3, -0.25) is 0 Å². The number of anilines is 2. The van der Waals surface area contributed by atoms with Gasteiger partial charge >= 0.3 is 6.85 Å². The summed E-state index contributed by atoms with van der Waals surface area (Å²) < 4.78 is 16.5. The van der Waals surface area contributed by atoms with Crippen LogP contribution < -0.4 is 15.7 Å². The molecule has 0 radical (unpaired) electrons. The van der Waals surface area contributed by atoms with E-state index in [4.69, 9.17) is 8.83 Å². The van der Waals surface area contributed by atoms with Crippen LogP contribution in [0.4, 0.5) is 11.4 Å². The van der Waals surface area contributed by atoms with Crippen molar-refractivity contribution < 1.29 is 8.83 Å². The molecule has 0 amide bonds. The zero-order valence-electron chi connectivity index (χ0n) is 40.4. The van der Waals surface area contributed by atoms with Gasteiger partial charge in [0.15, 0.2) is 0 Å². The van der Waals surface area contributed by atoms with E-state index in [0.717, 1.165) is 57.0 Å². The van der Waals surface area contributed by atoms with Crippen LogP contribution in [-0.2, 0) is 21.7 Å². The van der Waals surface area contributed by atoms with Crippen molar-refractivity contribution in [2.45, 2.75) is 96.8 Å². The Morgan fingerprint density at radius 1 is 0.515 bits per heavy atom. The monoisotopic (exact) mass is 880 g/mol. The van der Waals surface area contributed by atoms with E-state index < -0.39 is 0 Å².